The molecule has 2 N–H and O–H groups in total. The number of nitrogens with zero attached hydrogens (tertiary/aromatic N) is 1. The Morgan fingerprint density at radius 1 is 1.30 bits per heavy atom. The van der Waals surface area contributed by atoms with Crippen LogP contribution in [-0.4, -0.2) is 18.5 Å². The van der Waals surface area contributed by atoms with Gasteiger partial charge < -0.3 is 5.11 Å². The number of aryl methyl sites for hydroxylation is 1. The molecule has 106 valence electrons. The molecule has 0 spiro atoms. The number of aromatic nitrogens is 1. The second-order valence-electron chi connectivity index (χ2n) is 4.20. The lowest BCUT2D eigenvalue weighted by molar-refractivity contribution is 0.281. The topological polar surface area (TPSA) is 79.3 Å². The number of benzene rings is 1. The number of anilines is 1. The number of sulfonamides is 1. The highest BCUT2D eigenvalue weighted by atomic mass is 32.2. The molecule has 7 heteroatoms. The van der Waals surface area contributed by atoms with E-state index in [0.717, 1.165) is 0 Å². The van der Waals surface area contributed by atoms with Gasteiger partial charge in [0, 0.05) is 6.20 Å². The fourth-order valence-corrected chi connectivity index (χ4v) is 2.68. The predicted octanol–water partition coefficient (Wildman–Crippen LogP) is 1.82. The summed E-state index contributed by atoms with van der Waals surface area (Å²) < 4.78 is 40.0. The molecule has 0 saturated carbocycles. The van der Waals surface area contributed by atoms with Gasteiger partial charge in [-0.1, -0.05) is 18.2 Å². The Labute approximate surface area is 116 Å². The molecule has 0 amide bonds. The molecule has 0 fully saturated rings. The van der Waals surface area contributed by atoms with Crippen LogP contribution in [0.1, 0.15) is 11.1 Å². The molecular formula is C13H13FN2O3S. The van der Waals surface area contributed by atoms with Crippen molar-refractivity contribution in [1.29, 1.82) is 0 Å². The zero-order chi connectivity index (χ0) is 14.8. The molecule has 5 nitrogen and oxygen atoms in total. The fourth-order valence-electron chi connectivity index (χ4n) is 1.61. The van der Waals surface area contributed by atoms with Gasteiger partial charge in [0.1, 0.15) is 5.82 Å². The second kappa shape index (κ2) is 5.56. The van der Waals surface area contributed by atoms with E-state index >= 15 is 0 Å². The van der Waals surface area contributed by atoms with Crippen LogP contribution in [0.3, 0.4) is 0 Å². The minimum atomic E-state index is -3.97. The molecular weight excluding hydrogens is 283 g/mol. The van der Waals surface area contributed by atoms with Crippen LogP contribution in [-0.2, 0) is 16.6 Å². The smallest absolute Gasteiger partial charge is 0.279 e. The van der Waals surface area contributed by atoms with Crippen molar-refractivity contribution in [2.24, 2.45) is 0 Å². The summed E-state index contributed by atoms with van der Waals surface area (Å²) in [5, 5.41) is 8.65. The molecule has 1 aromatic heterocycles. The Morgan fingerprint density at radius 3 is 2.60 bits per heavy atom. The first-order valence-electron chi connectivity index (χ1n) is 5.78. The number of rotatable bonds is 4. The summed E-state index contributed by atoms with van der Waals surface area (Å²) >= 11 is 0. The minimum absolute atomic E-state index is 0.0967. The molecule has 1 aromatic carbocycles. The third-order valence-electron chi connectivity index (χ3n) is 2.71. The summed E-state index contributed by atoms with van der Waals surface area (Å²) in [7, 11) is -3.97. The van der Waals surface area contributed by atoms with E-state index in [-0.39, 0.29) is 17.3 Å². The van der Waals surface area contributed by atoms with Crippen LogP contribution in [0.25, 0.3) is 0 Å². The van der Waals surface area contributed by atoms with Crippen molar-refractivity contribution in [2.75, 3.05) is 4.72 Å². The monoisotopic (exact) mass is 296 g/mol. The molecule has 1 heterocycles. The molecule has 0 aliphatic carbocycles. The highest BCUT2D eigenvalue weighted by Gasteiger charge is 2.18. The van der Waals surface area contributed by atoms with Gasteiger partial charge in [-0.05, 0) is 30.2 Å². The summed E-state index contributed by atoms with van der Waals surface area (Å²) in [5.41, 5.74) is 0.868. The number of pyridine rings is 1. The van der Waals surface area contributed by atoms with Crippen LogP contribution in [0.4, 0.5) is 10.1 Å². The predicted molar refractivity (Wildman–Crippen MR) is 72.1 cm³/mol. The Morgan fingerprint density at radius 2 is 2.05 bits per heavy atom. The molecule has 0 atom stereocenters. The molecule has 20 heavy (non-hydrogen) atoms. The van der Waals surface area contributed by atoms with Crippen molar-refractivity contribution < 1.29 is 17.9 Å². The molecule has 2 aromatic rings. The number of hydrogen-bond acceptors (Lipinski definition) is 4. The molecule has 0 aliphatic heterocycles. The maximum absolute atomic E-state index is 13.6. The number of halogens is 1. The van der Waals surface area contributed by atoms with Gasteiger partial charge in [-0.3, -0.25) is 4.72 Å². The van der Waals surface area contributed by atoms with Crippen molar-refractivity contribution >= 4 is 15.7 Å². The quantitative estimate of drug-likeness (QED) is 0.902. The van der Waals surface area contributed by atoms with Crippen LogP contribution < -0.4 is 4.72 Å². The van der Waals surface area contributed by atoms with E-state index in [1.807, 2.05) is 0 Å². The number of aliphatic hydroxyl groups excluding tert-OH is 1. The summed E-state index contributed by atoms with van der Waals surface area (Å²) in [4.78, 5) is 3.74. The van der Waals surface area contributed by atoms with Gasteiger partial charge in [0.15, 0.2) is 5.03 Å². The molecule has 0 unspecified atom stereocenters. The van der Waals surface area contributed by atoms with Crippen molar-refractivity contribution in [2.45, 2.75) is 18.6 Å². The average Bonchev–Trinajstić information content (AvgIpc) is 2.43. The van der Waals surface area contributed by atoms with Crippen molar-refractivity contribution in [3.63, 3.8) is 0 Å². The molecule has 0 saturated heterocycles. The van der Waals surface area contributed by atoms with Crippen LogP contribution in [0, 0.1) is 12.7 Å². The Balaban J connectivity index is 2.35. The minimum Gasteiger partial charge on any atom is -0.392 e. The van der Waals surface area contributed by atoms with Crippen molar-refractivity contribution in [3.05, 3.63) is 53.5 Å². The lowest BCUT2D eigenvalue weighted by Gasteiger charge is -2.11. The van der Waals surface area contributed by atoms with E-state index in [9.17, 15) is 12.8 Å². The number of hydrogen-bond donors (Lipinski definition) is 2. The van der Waals surface area contributed by atoms with E-state index in [1.54, 1.807) is 13.0 Å². The summed E-state index contributed by atoms with van der Waals surface area (Å²) in [6.07, 6.45) is 1.25. The third-order valence-corrected chi connectivity index (χ3v) is 3.98. The SMILES string of the molecule is Cc1cccc(F)c1NS(=O)(=O)c1ccc(CO)cn1. The Bertz CT molecular complexity index is 695. The van der Waals surface area contributed by atoms with Gasteiger partial charge in [-0.2, -0.15) is 8.42 Å². The van der Waals surface area contributed by atoms with E-state index in [0.29, 0.717) is 11.1 Å². The number of nitrogens with one attached hydrogen (secondary N) is 1. The first kappa shape index (κ1) is 14.4. The lowest BCUT2D eigenvalue weighted by Crippen LogP contribution is -2.16. The van der Waals surface area contributed by atoms with Gasteiger partial charge in [-0.25, -0.2) is 9.37 Å². The summed E-state index contributed by atoms with van der Waals surface area (Å²) in [5.74, 6) is -0.652. The second-order valence-corrected chi connectivity index (χ2v) is 5.83. The summed E-state index contributed by atoms with van der Waals surface area (Å²) in [6.45, 7) is 1.37. The lowest BCUT2D eigenvalue weighted by atomic mass is 10.2. The van der Waals surface area contributed by atoms with Crippen molar-refractivity contribution in [1.82, 2.24) is 4.98 Å². The van der Waals surface area contributed by atoms with Crippen LogP contribution in [0.15, 0.2) is 41.6 Å². The van der Waals surface area contributed by atoms with E-state index in [2.05, 4.69) is 9.71 Å². The molecule has 0 bridgehead atoms. The first-order chi connectivity index (χ1) is 9.44. The normalized spacial score (nSPS) is 11.3. The third kappa shape index (κ3) is 2.94. The number of para-hydroxylation sites is 1. The zero-order valence-electron chi connectivity index (χ0n) is 10.7. The average molecular weight is 296 g/mol. The van der Waals surface area contributed by atoms with E-state index < -0.39 is 15.8 Å². The zero-order valence-corrected chi connectivity index (χ0v) is 11.5. The van der Waals surface area contributed by atoms with Crippen molar-refractivity contribution in [3.8, 4) is 0 Å². The Kier molecular flexibility index (Phi) is 4.01. The fraction of sp³-hybridized carbons (Fsp3) is 0.154. The maximum Gasteiger partial charge on any atom is 0.279 e. The van der Waals surface area contributed by atoms with Gasteiger partial charge in [-0.15, -0.1) is 0 Å². The molecule has 0 radical (unpaired) electrons. The van der Waals surface area contributed by atoms with Gasteiger partial charge in [0.05, 0.1) is 12.3 Å². The van der Waals surface area contributed by atoms with Crippen LogP contribution in [0.2, 0.25) is 0 Å². The molecule has 0 aliphatic rings. The highest BCUT2D eigenvalue weighted by molar-refractivity contribution is 7.92. The summed E-state index contributed by atoms with van der Waals surface area (Å²) in [6, 6.07) is 6.97. The van der Waals surface area contributed by atoms with Crippen LogP contribution >= 0.6 is 0 Å². The van der Waals surface area contributed by atoms with Gasteiger partial charge in [0.2, 0.25) is 0 Å². The van der Waals surface area contributed by atoms with Gasteiger partial charge in [0.25, 0.3) is 10.0 Å². The molecule has 2 rings (SSSR count). The van der Waals surface area contributed by atoms with E-state index in [1.165, 1.54) is 30.5 Å². The van der Waals surface area contributed by atoms with Crippen LogP contribution in [0.5, 0.6) is 0 Å². The standard InChI is InChI=1S/C13H13FN2O3S/c1-9-3-2-4-11(14)13(9)16-20(18,19)12-6-5-10(8-17)7-15-12/h2-7,16-17H,8H2,1H3. The first-order valence-corrected chi connectivity index (χ1v) is 7.26. The van der Waals surface area contributed by atoms with E-state index in [4.69, 9.17) is 5.11 Å². The van der Waals surface area contributed by atoms with Gasteiger partial charge >= 0.3 is 0 Å². The Hall–Kier alpha value is -1.99. The maximum atomic E-state index is 13.6. The number of aliphatic hydroxyl groups is 1. The highest BCUT2D eigenvalue weighted by Crippen LogP contribution is 2.22. The largest absolute Gasteiger partial charge is 0.392 e.